The van der Waals surface area contributed by atoms with Gasteiger partial charge in [-0.1, -0.05) is 6.42 Å². The van der Waals surface area contributed by atoms with Gasteiger partial charge in [0.2, 0.25) is 0 Å². The Balaban J connectivity index is 5.29. The zero-order valence-electron chi connectivity index (χ0n) is 10.2. The Morgan fingerprint density at radius 1 is 1.00 bits per heavy atom. The molecule has 114 valence electrons. The maximum absolute atomic E-state index is 11.3. The third-order valence-electron chi connectivity index (χ3n) is 2.58. The molecule has 0 bridgehead atoms. The lowest BCUT2D eigenvalue weighted by Crippen LogP contribution is -2.38. The lowest BCUT2D eigenvalue weighted by molar-refractivity contribution is -0.147. The predicted octanol–water partition coefficient (Wildman–Crippen LogP) is -0.458. The molecule has 0 heterocycles. The number of unbranched alkanes of at least 4 members (excludes halogenated alkanes) is 1. The quantitative estimate of drug-likeness (QED) is 0.242. The van der Waals surface area contributed by atoms with Crippen molar-refractivity contribution in [1.82, 2.24) is 0 Å². The standard InChI is InChI=1S/C8H19NO8P2/c9-4-2-1-3-8(7(10)11,5-18(12,13)14)6-19(15,16)17/h1-6,9H2,(H,10,11)(H2,12,13,14)(H2,15,16,17). The average Bonchev–Trinajstić information content (AvgIpc) is 2.12. The first-order chi connectivity index (χ1) is 8.42. The van der Waals surface area contributed by atoms with Gasteiger partial charge in [-0.15, -0.1) is 0 Å². The minimum absolute atomic E-state index is 0.211. The highest BCUT2D eigenvalue weighted by Gasteiger charge is 2.47. The van der Waals surface area contributed by atoms with Crippen LogP contribution in [0.15, 0.2) is 0 Å². The number of aliphatic carboxylic acids is 1. The van der Waals surface area contributed by atoms with Gasteiger partial charge < -0.3 is 30.4 Å². The van der Waals surface area contributed by atoms with E-state index in [-0.39, 0.29) is 19.4 Å². The Bertz CT molecular complexity index is 376. The summed E-state index contributed by atoms with van der Waals surface area (Å²) in [6.07, 6.45) is -1.86. The Hall–Kier alpha value is -0.270. The SMILES string of the molecule is NCCCCC(CP(=O)(O)O)(CP(=O)(O)O)C(=O)O. The fraction of sp³-hybridized carbons (Fsp3) is 0.875. The van der Waals surface area contributed by atoms with E-state index >= 15 is 0 Å². The summed E-state index contributed by atoms with van der Waals surface area (Å²) in [4.78, 5) is 47.0. The van der Waals surface area contributed by atoms with Gasteiger partial charge in [0.05, 0.1) is 17.7 Å². The second kappa shape index (κ2) is 6.95. The van der Waals surface area contributed by atoms with Crippen LogP contribution < -0.4 is 5.73 Å². The maximum Gasteiger partial charge on any atom is 0.326 e. The van der Waals surface area contributed by atoms with Crippen LogP contribution in [-0.2, 0) is 13.9 Å². The molecule has 9 nitrogen and oxygen atoms in total. The van der Waals surface area contributed by atoms with Crippen molar-refractivity contribution in [2.45, 2.75) is 19.3 Å². The van der Waals surface area contributed by atoms with E-state index in [1.807, 2.05) is 0 Å². The number of hydrogen-bond acceptors (Lipinski definition) is 4. The molecule has 19 heavy (non-hydrogen) atoms. The number of carboxylic acids is 1. The van der Waals surface area contributed by atoms with E-state index < -0.39 is 38.9 Å². The molecular formula is C8H19NO8P2. The highest BCUT2D eigenvalue weighted by atomic mass is 31.2. The molecule has 0 rings (SSSR count). The monoisotopic (exact) mass is 319 g/mol. The second-order valence-electron chi connectivity index (χ2n) is 4.48. The van der Waals surface area contributed by atoms with Gasteiger partial charge in [0.25, 0.3) is 0 Å². The van der Waals surface area contributed by atoms with E-state index in [0.717, 1.165) is 0 Å². The maximum atomic E-state index is 11.3. The van der Waals surface area contributed by atoms with Crippen LogP contribution in [0.4, 0.5) is 0 Å². The predicted molar refractivity (Wildman–Crippen MR) is 66.8 cm³/mol. The zero-order chi connectivity index (χ0) is 15.3. The molecule has 0 amide bonds. The van der Waals surface area contributed by atoms with Crippen molar-refractivity contribution >= 4 is 21.2 Å². The highest BCUT2D eigenvalue weighted by Crippen LogP contribution is 2.51. The van der Waals surface area contributed by atoms with Gasteiger partial charge in [-0.05, 0) is 19.4 Å². The summed E-state index contributed by atoms with van der Waals surface area (Å²) < 4.78 is 22.0. The van der Waals surface area contributed by atoms with Crippen molar-refractivity contribution in [3.63, 3.8) is 0 Å². The molecule has 0 aliphatic carbocycles. The molecule has 0 saturated carbocycles. The van der Waals surface area contributed by atoms with Gasteiger partial charge in [0.1, 0.15) is 0 Å². The molecule has 0 fully saturated rings. The molecule has 0 aliphatic rings. The Labute approximate surface area is 110 Å². The van der Waals surface area contributed by atoms with Gasteiger partial charge in [-0.2, -0.15) is 0 Å². The third-order valence-corrected chi connectivity index (χ3v) is 4.61. The Morgan fingerprint density at radius 2 is 1.42 bits per heavy atom. The van der Waals surface area contributed by atoms with Crippen LogP contribution in [0.3, 0.4) is 0 Å². The summed E-state index contributed by atoms with van der Waals surface area (Å²) in [7, 11) is -9.46. The second-order valence-corrected chi connectivity index (χ2v) is 7.77. The number of carbonyl (C=O) groups is 1. The van der Waals surface area contributed by atoms with Crippen molar-refractivity contribution in [2.75, 3.05) is 18.9 Å². The number of nitrogens with two attached hydrogens (primary N) is 1. The van der Waals surface area contributed by atoms with Gasteiger partial charge in [-0.3, -0.25) is 13.9 Å². The molecule has 0 aromatic heterocycles. The largest absolute Gasteiger partial charge is 0.481 e. The van der Waals surface area contributed by atoms with Crippen LogP contribution in [0.1, 0.15) is 19.3 Å². The van der Waals surface area contributed by atoms with Crippen LogP contribution in [0.2, 0.25) is 0 Å². The van der Waals surface area contributed by atoms with Gasteiger partial charge >= 0.3 is 21.2 Å². The molecule has 0 aromatic rings. The molecule has 0 saturated heterocycles. The van der Waals surface area contributed by atoms with Crippen molar-refractivity contribution in [3.05, 3.63) is 0 Å². The van der Waals surface area contributed by atoms with E-state index in [0.29, 0.717) is 6.42 Å². The van der Waals surface area contributed by atoms with E-state index in [4.69, 9.17) is 30.4 Å². The fourth-order valence-electron chi connectivity index (χ4n) is 1.85. The average molecular weight is 319 g/mol. The third kappa shape index (κ3) is 7.79. The van der Waals surface area contributed by atoms with Crippen LogP contribution in [0.5, 0.6) is 0 Å². The lowest BCUT2D eigenvalue weighted by Gasteiger charge is -2.29. The van der Waals surface area contributed by atoms with E-state index in [1.54, 1.807) is 0 Å². The van der Waals surface area contributed by atoms with Crippen molar-refractivity contribution < 1.29 is 38.6 Å². The van der Waals surface area contributed by atoms with Crippen molar-refractivity contribution in [1.29, 1.82) is 0 Å². The van der Waals surface area contributed by atoms with Crippen molar-refractivity contribution in [3.8, 4) is 0 Å². The minimum Gasteiger partial charge on any atom is -0.481 e. The first-order valence-electron chi connectivity index (χ1n) is 5.44. The van der Waals surface area contributed by atoms with E-state index in [1.165, 1.54) is 0 Å². The molecule has 0 atom stereocenters. The van der Waals surface area contributed by atoms with Crippen LogP contribution in [0, 0.1) is 5.41 Å². The van der Waals surface area contributed by atoms with Gasteiger partial charge in [0.15, 0.2) is 0 Å². The summed E-state index contributed by atoms with van der Waals surface area (Å²) in [6, 6.07) is 0. The van der Waals surface area contributed by atoms with Gasteiger partial charge in [-0.25, -0.2) is 0 Å². The minimum atomic E-state index is -4.73. The Kier molecular flexibility index (Phi) is 6.85. The zero-order valence-corrected chi connectivity index (χ0v) is 12.0. The number of hydrogen-bond donors (Lipinski definition) is 6. The van der Waals surface area contributed by atoms with Crippen LogP contribution in [0.25, 0.3) is 0 Å². The molecule has 0 aromatic carbocycles. The first kappa shape index (κ1) is 18.7. The summed E-state index contributed by atoms with van der Waals surface area (Å²) in [6.45, 7) is 0.252. The molecule has 7 N–H and O–H groups in total. The summed E-state index contributed by atoms with van der Waals surface area (Å²) in [5.74, 6) is -1.63. The molecule has 0 unspecified atom stereocenters. The first-order valence-corrected chi connectivity index (χ1v) is 9.04. The van der Waals surface area contributed by atoms with Crippen LogP contribution in [-0.4, -0.2) is 49.5 Å². The Morgan fingerprint density at radius 3 is 1.68 bits per heavy atom. The van der Waals surface area contributed by atoms with E-state index in [2.05, 4.69) is 0 Å². The van der Waals surface area contributed by atoms with Crippen LogP contribution >= 0.6 is 15.2 Å². The lowest BCUT2D eigenvalue weighted by atomic mass is 9.86. The normalized spacial score (nSPS) is 13.5. The topological polar surface area (TPSA) is 178 Å². The molecular weight excluding hydrogens is 300 g/mol. The van der Waals surface area contributed by atoms with Gasteiger partial charge in [0, 0.05) is 0 Å². The summed E-state index contributed by atoms with van der Waals surface area (Å²) in [5, 5.41) is 9.13. The number of carboxylic acid groups (broad SMARTS) is 1. The summed E-state index contributed by atoms with van der Waals surface area (Å²) in [5.41, 5.74) is 3.09. The molecule has 11 heteroatoms. The van der Waals surface area contributed by atoms with Crippen molar-refractivity contribution in [2.24, 2.45) is 11.1 Å². The number of rotatable bonds is 9. The summed E-state index contributed by atoms with van der Waals surface area (Å²) >= 11 is 0. The highest BCUT2D eigenvalue weighted by molar-refractivity contribution is 7.53. The molecule has 0 spiro atoms. The molecule has 0 aliphatic heterocycles. The fourth-order valence-corrected chi connectivity index (χ4v) is 4.41. The smallest absolute Gasteiger partial charge is 0.326 e. The molecule has 0 radical (unpaired) electrons. The van der Waals surface area contributed by atoms with E-state index in [9.17, 15) is 13.9 Å².